The number of ether oxygens (including phenoxy) is 2. The Morgan fingerprint density at radius 3 is 2.88 bits per heavy atom. The third-order valence-electron chi connectivity index (χ3n) is 2.78. The predicted octanol–water partition coefficient (Wildman–Crippen LogP) is 0.852. The number of rotatable bonds is 4. The van der Waals surface area contributed by atoms with E-state index < -0.39 is 20.1 Å². The first-order valence-electron chi connectivity index (χ1n) is 5.32. The van der Waals surface area contributed by atoms with E-state index >= 15 is 0 Å². The molecule has 92 valence electrons. The van der Waals surface area contributed by atoms with Crippen molar-refractivity contribution in [1.82, 2.24) is 3.53 Å². The molecule has 1 N–H and O–H groups in total. The van der Waals surface area contributed by atoms with Gasteiger partial charge < -0.3 is 0 Å². The number of alkyl halides is 2. The SMILES string of the molecule is CCC(C(=O)OC1COC(=O)C1)C1NI1C. The van der Waals surface area contributed by atoms with Gasteiger partial charge in [-0.05, 0) is 0 Å². The molecule has 0 bridgehead atoms. The molecule has 0 aliphatic carbocycles. The van der Waals surface area contributed by atoms with Crippen molar-refractivity contribution in [3.8, 4) is 0 Å². The fraction of sp³-hybridized carbons (Fsp3) is 0.800. The molecule has 2 saturated heterocycles. The third kappa shape index (κ3) is 2.65. The molecule has 0 aromatic rings. The molecular formula is C10H16INO4. The first-order valence-corrected chi connectivity index (χ1v) is 9.80. The van der Waals surface area contributed by atoms with E-state index in [9.17, 15) is 9.59 Å². The van der Waals surface area contributed by atoms with Crippen LogP contribution in [0.25, 0.3) is 0 Å². The third-order valence-corrected chi connectivity index (χ3v) is 6.96. The zero-order valence-corrected chi connectivity index (χ0v) is 11.5. The average molecular weight is 341 g/mol. The molecule has 2 aliphatic heterocycles. The van der Waals surface area contributed by atoms with Crippen molar-refractivity contribution >= 4 is 32.0 Å². The second kappa shape index (κ2) is 4.87. The van der Waals surface area contributed by atoms with Gasteiger partial charge in [0.1, 0.15) is 0 Å². The van der Waals surface area contributed by atoms with Crippen LogP contribution >= 0.6 is 20.1 Å². The molecule has 3 unspecified atom stereocenters. The van der Waals surface area contributed by atoms with Gasteiger partial charge in [0.05, 0.1) is 0 Å². The van der Waals surface area contributed by atoms with Crippen molar-refractivity contribution < 1.29 is 19.1 Å². The maximum atomic E-state index is 11.9. The zero-order chi connectivity index (χ0) is 11.7. The summed E-state index contributed by atoms with van der Waals surface area (Å²) in [6.07, 6.45) is 0.626. The summed E-state index contributed by atoms with van der Waals surface area (Å²) in [6, 6.07) is 0. The first kappa shape index (κ1) is 12.1. The van der Waals surface area contributed by atoms with Gasteiger partial charge in [0, 0.05) is 0 Å². The second-order valence-electron chi connectivity index (χ2n) is 3.99. The summed E-state index contributed by atoms with van der Waals surface area (Å²) in [6.45, 7) is 2.21. The summed E-state index contributed by atoms with van der Waals surface area (Å²) in [5, 5.41) is 0. The van der Waals surface area contributed by atoms with Gasteiger partial charge in [0.15, 0.2) is 0 Å². The second-order valence-corrected chi connectivity index (χ2v) is 8.90. The summed E-state index contributed by atoms with van der Waals surface area (Å²) in [5.74, 6) is -0.491. The molecule has 0 radical (unpaired) electrons. The quantitative estimate of drug-likeness (QED) is 0.205. The van der Waals surface area contributed by atoms with Crippen molar-refractivity contribution in [2.24, 2.45) is 5.92 Å². The molecule has 6 heteroatoms. The van der Waals surface area contributed by atoms with Gasteiger partial charge >= 0.3 is 102 Å². The van der Waals surface area contributed by atoms with Crippen molar-refractivity contribution in [2.75, 3.05) is 11.5 Å². The van der Waals surface area contributed by atoms with Gasteiger partial charge in [-0.1, -0.05) is 0 Å². The molecule has 0 saturated carbocycles. The van der Waals surface area contributed by atoms with Crippen molar-refractivity contribution in [3.63, 3.8) is 0 Å². The zero-order valence-electron chi connectivity index (χ0n) is 9.36. The van der Waals surface area contributed by atoms with E-state index in [2.05, 4.69) is 8.46 Å². The predicted molar refractivity (Wildman–Crippen MR) is 66.1 cm³/mol. The van der Waals surface area contributed by atoms with Crippen LogP contribution < -0.4 is 3.53 Å². The molecule has 0 aromatic carbocycles. The van der Waals surface area contributed by atoms with E-state index in [4.69, 9.17) is 9.47 Å². The van der Waals surface area contributed by atoms with Gasteiger partial charge in [-0.25, -0.2) is 0 Å². The first-order chi connectivity index (χ1) is 7.61. The Morgan fingerprint density at radius 1 is 1.75 bits per heavy atom. The minimum absolute atomic E-state index is 0.0362. The Hall–Kier alpha value is -0.370. The Kier molecular flexibility index (Phi) is 3.68. The molecule has 2 rings (SSSR count). The Balaban J connectivity index is 1.84. The van der Waals surface area contributed by atoms with Crippen LogP contribution in [0.1, 0.15) is 19.8 Å². The van der Waals surface area contributed by atoms with Crippen LogP contribution in [0.2, 0.25) is 0 Å². The molecule has 16 heavy (non-hydrogen) atoms. The number of cyclic esters (lactones) is 1. The molecular weight excluding hydrogens is 325 g/mol. The van der Waals surface area contributed by atoms with Crippen LogP contribution in [-0.2, 0) is 19.1 Å². The fourth-order valence-electron chi connectivity index (χ4n) is 1.75. The number of halogens is 1. The topological polar surface area (TPSA) is 74.5 Å². The summed E-state index contributed by atoms with van der Waals surface area (Å²) in [7, 11) is 0. The van der Waals surface area contributed by atoms with Crippen molar-refractivity contribution in [3.05, 3.63) is 0 Å². The van der Waals surface area contributed by atoms with Crippen LogP contribution in [0.15, 0.2) is 0 Å². The summed E-state index contributed by atoms with van der Waals surface area (Å²) in [5.41, 5.74) is 0. The molecule has 0 aromatic heterocycles. The number of esters is 2. The normalized spacial score (nSPS) is 32.1. The molecule has 0 spiro atoms. The van der Waals surface area contributed by atoms with E-state index in [1.807, 2.05) is 6.92 Å². The molecule has 2 fully saturated rings. The van der Waals surface area contributed by atoms with Crippen LogP contribution in [0.4, 0.5) is 0 Å². The van der Waals surface area contributed by atoms with E-state index in [-0.39, 0.29) is 37.0 Å². The molecule has 3 atom stereocenters. The number of hydrogen-bond donors (Lipinski definition) is 1. The van der Waals surface area contributed by atoms with Crippen LogP contribution in [0, 0.1) is 5.92 Å². The minimum atomic E-state index is -1.00. The van der Waals surface area contributed by atoms with Gasteiger partial charge in [-0.2, -0.15) is 0 Å². The average Bonchev–Trinajstić information content (AvgIpc) is 2.78. The van der Waals surface area contributed by atoms with E-state index in [1.54, 1.807) is 0 Å². The maximum absolute atomic E-state index is 11.9. The van der Waals surface area contributed by atoms with Crippen molar-refractivity contribution in [2.45, 2.75) is 29.9 Å². The molecule has 0 amide bonds. The van der Waals surface area contributed by atoms with Gasteiger partial charge in [-0.3, -0.25) is 0 Å². The van der Waals surface area contributed by atoms with Crippen LogP contribution in [-0.4, -0.2) is 33.6 Å². The summed E-state index contributed by atoms with van der Waals surface area (Å²) in [4.78, 5) is 24.9. The van der Waals surface area contributed by atoms with Gasteiger partial charge in [-0.15, -0.1) is 0 Å². The fourth-order valence-corrected chi connectivity index (χ4v) is 6.67. The van der Waals surface area contributed by atoms with Crippen LogP contribution in [0.3, 0.4) is 0 Å². The van der Waals surface area contributed by atoms with Gasteiger partial charge in [0.2, 0.25) is 0 Å². The van der Waals surface area contributed by atoms with E-state index in [1.165, 1.54) is 0 Å². The number of carbonyl (C=O) groups excluding carboxylic acids is 2. The molecule has 5 nitrogen and oxygen atoms in total. The van der Waals surface area contributed by atoms with Crippen molar-refractivity contribution in [1.29, 1.82) is 0 Å². The standard InChI is InChI=1S/C10H16INO4/c1-3-7(9-11(2)12-9)10(14)16-6-4-8(13)15-5-6/h6-7,9,12H,3-5H2,1-2H3. The van der Waals surface area contributed by atoms with Crippen LogP contribution in [0.5, 0.6) is 0 Å². The number of carbonyl (C=O) groups is 2. The summed E-state index contributed by atoms with van der Waals surface area (Å²) >= 11 is -1.00. The number of nitrogens with one attached hydrogen (secondary N) is 1. The Morgan fingerprint density at radius 2 is 2.44 bits per heavy atom. The number of hydrogen-bond acceptors (Lipinski definition) is 5. The van der Waals surface area contributed by atoms with Gasteiger partial charge in [0.25, 0.3) is 0 Å². The monoisotopic (exact) mass is 341 g/mol. The van der Waals surface area contributed by atoms with E-state index in [0.29, 0.717) is 4.05 Å². The Labute approximate surface area is 102 Å². The molecule has 2 aliphatic rings. The summed E-state index contributed by atoms with van der Waals surface area (Å²) < 4.78 is 13.8. The Bertz CT molecular complexity index is 309. The van der Waals surface area contributed by atoms with E-state index in [0.717, 1.165) is 6.42 Å². The molecule has 2 heterocycles.